The molecule has 0 fully saturated rings. The lowest BCUT2D eigenvalue weighted by atomic mass is 10.0. The molecule has 0 heterocycles. The van der Waals surface area contributed by atoms with Gasteiger partial charge < -0.3 is 15.8 Å². The van der Waals surface area contributed by atoms with Gasteiger partial charge in [-0.15, -0.1) is 0 Å². The predicted molar refractivity (Wildman–Crippen MR) is 83.7 cm³/mol. The van der Waals surface area contributed by atoms with Gasteiger partial charge in [-0.2, -0.15) is 11.8 Å². The van der Waals surface area contributed by atoms with E-state index in [2.05, 4.69) is 11.9 Å². The number of ether oxygens (including phenoxy) is 1. The minimum Gasteiger partial charge on any atom is -0.461 e. The molecule has 0 spiro atoms. The van der Waals surface area contributed by atoms with Crippen molar-refractivity contribution in [2.75, 3.05) is 18.1 Å². The zero-order valence-corrected chi connectivity index (χ0v) is 13.6. The standard InChI is InChI=1S/C14H24N2O4S/c1-9(2)14(19)20-5-6-21-8-12(13(15)18)7-10(3)16-11(4)17/h10,12H,1,5-8H2,2-4H3,(H2,15,18)(H,16,17). The summed E-state index contributed by atoms with van der Waals surface area (Å²) in [5, 5.41) is 2.72. The van der Waals surface area contributed by atoms with Crippen LogP contribution in [0.5, 0.6) is 0 Å². The van der Waals surface area contributed by atoms with Crippen molar-refractivity contribution in [1.82, 2.24) is 5.32 Å². The summed E-state index contributed by atoms with van der Waals surface area (Å²) >= 11 is 1.48. The third-order valence-corrected chi connectivity index (χ3v) is 3.71. The van der Waals surface area contributed by atoms with Crippen LogP contribution in [0.1, 0.15) is 27.2 Å². The molecule has 0 aliphatic rings. The molecule has 0 aromatic carbocycles. The van der Waals surface area contributed by atoms with Crippen LogP contribution in [0.4, 0.5) is 0 Å². The Hall–Kier alpha value is -1.50. The Morgan fingerprint density at radius 2 is 1.95 bits per heavy atom. The van der Waals surface area contributed by atoms with Crippen LogP contribution in [-0.2, 0) is 19.1 Å². The maximum Gasteiger partial charge on any atom is 0.333 e. The molecule has 6 nitrogen and oxygen atoms in total. The first-order valence-corrected chi connectivity index (χ1v) is 7.86. The highest BCUT2D eigenvalue weighted by Gasteiger charge is 2.19. The molecular weight excluding hydrogens is 292 g/mol. The van der Waals surface area contributed by atoms with Crippen molar-refractivity contribution in [2.45, 2.75) is 33.2 Å². The largest absolute Gasteiger partial charge is 0.461 e. The average molecular weight is 316 g/mol. The molecule has 0 aliphatic heterocycles. The van der Waals surface area contributed by atoms with E-state index in [0.29, 0.717) is 23.5 Å². The lowest BCUT2D eigenvalue weighted by Gasteiger charge is -2.18. The highest BCUT2D eigenvalue weighted by molar-refractivity contribution is 7.99. The van der Waals surface area contributed by atoms with E-state index in [1.165, 1.54) is 18.7 Å². The third kappa shape index (κ3) is 9.95. The van der Waals surface area contributed by atoms with Gasteiger partial charge in [-0.05, 0) is 20.3 Å². The molecule has 2 atom stereocenters. The van der Waals surface area contributed by atoms with Crippen LogP contribution in [-0.4, -0.2) is 41.9 Å². The fraction of sp³-hybridized carbons (Fsp3) is 0.643. The number of nitrogens with one attached hydrogen (secondary N) is 1. The van der Waals surface area contributed by atoms with Crippen LogP contribution < -0.4 is 11.1 Å². The number of rotatable bonds is 10. The van der Waals surface area contributed by atoms with E-state index in [1.807, 2.05) is 6.92 Å². The topological polar surface area (TPSA) is 98.5 Å². The van der Waals surface area contributed by atoms with Crippen molar-refractivity contribution in [1.29, 1.82) is 0 Å². The summed E-state index contributed by atoms with van der Waals surface area (Å²) in [6.07, 6.45) is 0.494. The van der Waals surface area contributed by atoms with Gasteiger partial charge in [0.1, 0.15) is 6.61 Å². The number of amides is 2. The lowest BCUT2D eigenvalue weighted by molar-refractivity contribution is -0.138. The van der Waals surface area contributed by atoms with E-state index in [0.717, 1.165) is 0 Å². The van der Waals surface area contributed by atoms with E-state index in [4.69, 9.17) is 10.5 Å². The molecule has 0 saturated heterocycles. The van der Waals surface area contributed by atoms with Gasteiger partial charge in [-0.1, -0.05) is 6.58 Å². The molecule has 0 radical (unpaired) electrons. The second-order valence-corrected chi connectivity index (χ2v) is 6.08. The minimum atomic E-state index is -0.415. The molecule has 2 unspecified atom stereocenters. The van der Waals surface area contributed by atoms with Crippen LogP contribution in [0, 0.1) is 5.92 Å². The SMILES string of the molecule is C=C(C)C(=O)OCCSCC(CC(C)NC(C)=O)C(N)=O. The Morgan fingerprint density at radius 3 is 2.43 bits per heavy atom. The number of nitrogens with two attached hydrogens (primary N) is 1. The van der Waals surface area contributed by atoms with Gasteiger partial charge in [0.2, 0.25) is 11.8 Å². The summed E-state index contributed by atoms with van der Waals surface area (Å²) in [6, 6.07) is -0.109. The molecular formula is C14H24N2O4S. The summed E-state index contributed by atoms with van der Waals surface area (Å²) in [5.74, 6) is -0.153. The first kappa shape index (κ1) is 19.5. The van der Waals surface area contributed by atoms with Crippen molar-refractivity contribution in [3.05, 3.63) is 12.2 Å². The summed E-state index contributed by atoms with van der Waals surface area (Å²) in [7, 11) is 0. The van der Waals surface area contributed by atoms with E-state index in [9.17, 15) is 14.4 Å². The minimum absolute atomic E-state index is 0.109. The van der Waals surface area contributed by atoms with Gasteiger partial charge in [0.15, 0.2) is 0 Å². The Kier molecular flexibility index (Phi) is 9.53. The van der Waals surface area contributed by atoms with Crippen LogP contribution in [0.15, 0.2) is 12.2 Å². The average Bonchev–Trinajstić information content (AvgIpc) is 2.35. The molecule has 0 rings (SSSR count). The molecule has 0 saturated carbocycles. The number of esters is 1. The number of carbonyl (C=O) groups excluding carboxylic acids is 3. The Labute approximate surface area is 129 Å². The molecule has 0 bridgehead atoms. The fourth-order valence-corrected chi connectivity index (χ4v) is 2.59. The maximum atomic E-state index is 11.4. The Balaban J connectivity index is 4.00. The van der Waals surface area contributed by atoms with Crippen LogP contribution in [0.25, 0.3) is 0 Å². The number of hydrogen-bond donors (Lipinski definition) is 2. The molecule has 21 heavy (non-hydrogen) atoms. The maximum absolute atomic E-state index is 11.4. The third-order valence-electron chi connectivity index (χ3n) is 2.62. The molecule has 2 amide bonds. The molecule has 120 valence electrons. The first-order valence-electron chi connectivity index (χ1n) is 6.70. The summed E-state index contributed by atoms with van der Waals surface area (Å²) < 4.78 is 4.95. The molecule has 7 heteroatoms. The zero-order valence-electron chi connectivity index (χ0n) is 12.8. The van der Waals surface area contributed by atoms with Gasteiger partial charge in [0.25, 0.3) is 0 Å². The number of hydrogen-bond acceptors (Lipinski definition) is 5. The molecule has 0 aromatic heterocycles. The highest BCUT2D eigenvalue weighted by atomic mass is 32.2. The van der Waals surface area contributed by atoms with Crippen molar-refractivity contribution in [3.8, 4) is 0 Å². The van der Waals surface area contributed by atoms with Crippen LogP contribution in [0.3, 0.4) is 0 Å². The quantitative estimate of drug-likeness (QED) is 0.354. The van der Waals surface area contributed by atoms with Gasteiger partial charge in [-0.25, -0.2) is 4.79 Å². The van der Waals surface area contributed by atoms with E-state index >= 15 is 0 Å². The highest BCUT2D eigenvalue weighted by Crippen LogP contribution is 2.14. The van der Waals surface area contributed by atoms with Gasteiger partial charge >= 0.3 is 5.97 Å². The fourth-order valence-electron chi connectivity index (χ4n) is 1.64. The molecule has 3 N–H and O–H groups in total. The second kappa shape index (κ2) is 10.3. The molecule has 0 aromatic rings. The van der Waals surface area contributed by atoms with E-state index in [1.54, 1.807) is 6.92 Å². The second-order valence-electron chi connectivity index (χ2n) is 4.93. The van der Waals surface area contributed by atoms with E-state index < -0.39 is 11.9 Å². The number of carbonyl (C=O) groups is 3. The van der Waals surface area contributed by atoms with Gasteiger partial charge in [0.05, 0.1) is 0 Å². The normalized spacial score (nSPS) is 13.1. The van der Waals surface area contributed by atoms with Crippen molar-refractivity contribution < 1.29 is 19.1 Å². The summed E-state index contributed by atoms with van der Waals surface area (Å²) in [6.45, 7) is 8.60. The monoisotopic (exact) mass is 316 g/mol. The van der Waals surface area contributed by atoms with Crippen molar-refractivity contribution >= 4 is 29.5 Å². The predicted octanol–water partition coefficient (Wildman–Crippen LogP) is 0.855. The zero-order chi connectivity index (χ0) is 16.4. The Bertz CT molecular complexity index is 398. The van der Waals surface area contributed by atoms with E-state index in [-0.39, 0.29) is 24.5 Å². The number of thioether (sulfide) groups is 1. The first-order chi connectivity index (χ1) is 9.73. The van der Waals surface area contributed by atoms with Crippen molar-refractivity contribution in [2.24, 2.45) is 11.7 Å². The smallest absolute Gasteiger partial charge is 0.333 e. The van der Waals surface area contributed by atoms with Crippen LogP contribution in [0.2, 0.25) is 0 Å². The van der Waals surface area contributed by atoms with Crippen LogP contribution >= 0.6 is 11.8 Å². The van der Waals surface area contributed by atoms with Gasteiger partial charge in [-0.3, -0.25) is 9.59 Å². The van der Waals surface area contributed by atoms with Crippen molar-refractivity contribution in [3.63, 3.8) is 0 Å². The Morgan fingerprint density at radius 1 is 1.33 bits per heavy atom. The number of primary amides is 1. The molecule has 0 aliphatic carbocycles. The lowest BCUT2D eigenvalue weighted by Crippen LogP contribution is -2.36. The summed E-state index contributed by atoms with van der Waals surface area (Å²) in [4.78, 5) is 33.5. The summed E-state index contributed by atoms with van der Waals surface area (Å²) in [5.41, 5.74) is 5.72. The van der Waals surface area contributed by atoms with Gasteiger partial charge in [0, 0.05) is 36.0 Å².